The van der Waals surface area contributed by atoms with Crippen LogP contribution in [-0.4, -0.2) is 37.0 Å². The van der Waals surface area contributed by atoms with Crippen LogP contribution in [0.3, 0.4) is 0 Å². The number of carbonyl (C=O) groups excluding carboxylic acids is 1. The number of halogens is 1. The van der Waals surface area contributed by atoms with E-state index in [2.05, 4.69) is 24.1 Å². The van der Waals surface area contributed by atoms with Crippen molar-refractivity contribution in [1.29, 1.82) is 0 Å². The lowest BCUT2D eigenvalue weighted by Gasteiger charge is -2.30. The van der Waals surface area contributed by atoms with Gasteiger partial charge in [0.2, 0.25) is 0 Å². The molecule has 0 unspecified atom stereocenters. The Morgan fingerprint density at radius 3 is 2.48 bits per heavy atom. The van der Waals surface area contributed by atoms with E-state index in [0.717, 1.165) is 40.6 Å². The van der Waals surface area contributed by atoms with Gasteiger partial charge in [0.15, 0.2) is 6.61 Å². The summed E-state index contributed by atoms with van der Waals surface area (Å²) in [5.41, 5.74) is 3.23. The Kier molecular flexibility index (Phi) is 8.14. The number of amides is 1. The van der Waals surface area contributed by atoms with Gasteiger partial charge in [-0.05, 0) is 55.8 Å². The number of hydrogen-bond acceptors (Lipinski definition) is 3. The molecular formula is C22H29ClN2O2. The van der Waals surface area contributed by atoms with Gasteiger partial charge in [0.25, 0.3) is 5.91 Å². The van der Waals surface area contributed by atoms with Gasteiger partial charge >= 0.3 is 0 Å². The highest BCUT2D eigenvalue weighted by atomic mass is 35.5. The highest BCUT2D eigenvalue weighted by Gasteiger charge is 2.21. The van der Waals surface area contributed by atoms with Crippen molar-refractivity contribution in [2.75, 3.05) is 26.2 Å². The molecule has 0 radical (unpaired) electrons. The standard InChI is InChI=1S/C22H29ClN2O2/c1-5-25(6-2)20(18-11-7-8-12-19(18)23)14-24-22(26)15-27-21-13-9-10-16(3)17(21)4/h7-13,20H,5-6,14-15H2,1-4H3,(H,24,26)/t20-/m1/s1. The van der Waals surface area contributed by atoms with Crippen molar-refractivity contribution in [2.45, 2.75) is 33.7 Å². The predicted molar refractivity (Wildman–Crippen MR) is 112 cm³/mol. The summed E-state index contributed by atoms with van der Waals surface area (Å²) in [6, 6.07) is 13.7. The van der Waals surface area contributed by atoms with Crippen molar-refractivity contribution in [1.82, 2.24) is 10.2 Å². The van der Waals surface area contributed by atoms with Crippen LogP contribution < -0.4 is 10.1 Å². The molecule has 2 aromatic carbocycles. The number of carbonyl (C=O) groups is 1. The fourth-order valence-electron chi connectivity index (χ4n) is 3.13. The average Bonchev–Trinajstić information content (AvgIpc) is 2.67. The molecule has 1 N–H and O–H groups in total. The lowest BCUT2D eigenvalue weighted by molar-refractivity contribution is -0.123. The average molecular weight is 389 g/mol. The van der Waals surface area contributed by atoms with Gasteiger partial charge in [-0.2, -0.15) is 0 Å². The summed E-state index contributed by atoms with van der Waals surface area (Å²) in [5.74, 6) is 0.608. The number of nitrogens with one attached hydrogen (secondary N) is 1. The van der Waals surface area contributed by atoms with Crippen LogP contribution in [0.5, 0.6) is 5.75 Å². The van der Waals surface area contributed by atoms with Crippen molar-refractivity contribution in [3.63, 3.8) is 0 Å². The van der Waals surface area contributed by atoms with Crippen LogP contribution >= 0.6 is 11.6 Å². The normalized spacial score (nSPS) is 12.1. The minimum atomic E-state index is -0.139. The summed E-state index contributed by atoms with van der Waals surface area (Å²) in [6.45, 7) is 10.5. The zero-order valence-electron chi connectivity index (χ0n) is 16.6. The molecular weight excluding hydrogens is 360 g/mol. The van der Waals surface area contributed by atoms with E-state index in [9.17, 15) is 4.79 Å². The monoisotopic (exact) mass is 388 g/mol. The molecule has 0 aliphatic carbocycles. The van der Waals surface area contributed by atoms with Gasteiger partial charge in [-0.1, -0.05) is 55.8 Å². The van der Waals surface area contributed by atoms with Crippen LogP contribution in [0.4, 0.5) is 0 Å². The molecule has 0 saturated heterocycles. The molecule has 146 valence electrons. The Morgan fingerprint density at radius 2 is 1.81 bits per heavy atom. The van der Waals surface area contributed by atoms with Gasteiger partial charge in [-0.15, -0.1) is 0 Å². The van der Waals surface area contributed by atoms with E-state index in [1.165, 1.54) is 0 Å². The van der Waals surface area contributed by atoms with Crippen molar-refractivity contribution in [3.05, 3.63) is 64.2 Å². The Labute approximate surface area is 167 Å². The number of ether oxygens (including phenoxy) is 1. The third-order valence-electron chi connectivity index (χ3n) is 4.92. The summed E-state index contributed by atoms with van der Waals surface area (Å²) in [5, 5.41) is 3.72. The number of rotatable bonds is 9. The molecule has 5 heteroatoms. The molecule has 4 nitrogen and oxygen atoms in total. The number of nitrogens with zero attached hydrogens (tertiary/aromatic N) is 1. The third kappa shape index (κ3) is 5.72. The van der Waals surface area contributed by atoms with E-state index in [4.69, 9.17) is 16.3 Å². The molecule has 0 aliphatic heterocycles. The minimum Gasteiger partial charge on any atom is -0.483 e. The van der Waals surface area contributed by atoms with Gasteiger partial charge in [0.1, 0.15) is 5.75 Å². The molecule has 0 bridgehead atoms. The van der Waals surface area contributed by atoms with E-state index >= 15 is 0 Å². The van der Waals surface area contributed by atoms with Crippen molar-refractivity contribution >= 4 is 17.5 Å². The Balaban J connectivity index is 2.00. The van der Waals surface area contributed by atoms with Gasteiger partial charge < -0.3 is 10.1 Å². The maximum absolute atomic E-state index is 12.3. The van der Waals surface area contributed by atoms with Crippen LogP contribution in [0.25, 0.3) is 0 Å². The Morgan fingerprint density at radius 1 is 1.11 bits per heavy atom. The van der Waals surface area contributed by atoms with Gasteiger partial charge in [0, 0.05) is 11.6 Å². The van der Waals surface area contributed by atoms with Crippen LogP contribution in [-0.2, 0) is 4.79 Å². The number of hydrogen-bond donors (Lipinski definition) is 1. The summed E-state index contributed by atoms with van der Waals surface area (Å²) in [6.07, 6.45) is 0. The summed E-state index contributed by atoms with van der Waals surface area (Å²) >= 11 is 6.40. The lowest BCUT2D eigenvalue weighted by Crippen LogP contribution is -2.39. The van der Waals surface area contributed by atoms with E-state index in [1.807, 2.05) is 56.3 Å². The van der Waals surface area contributed by atoms with Crippen molar-refractivity contribution in [2.24, 2.45) is 0 Å². The van der Waals surface area contributed by atoms with Crippen LogP contribution in [0.2, 0.25) is 5.02 Å². The highest BCUT2D eigenvalue weighted by Crippen LogP contribution is 2.27. The largest absolute Gasteiger partial charge is 0.483 e. The quantitative estimate of drug-likeness (QED) is 0.685. The van der Waals surface area contributed by atoms with Crippen LogP contribution in [0.15, 0.2) is 42.5 Å². The molecule has 0 spiro atoms. The van der Waals surface area contributed by atoms with E-state index in [1.54, 1.807) is 0 Å². The number of likely N-dealkylation sites (N-methyl/N-ethyl adjacent to an activating group) is 1. The summed E-state index contributed by atoms with van der Waals surface area (Å²) in [4.78, 5) is 14.6. The van der Waals surface area contributed by atoms with E-state index in [-0.39, 0.29) is 18.6 Å². The lowest BCUT2D eigenvalue weighted by atomic mass is 10.0. The third-order valence-corrected chi connectivity index (χ3v) is 5.27. The van der Waals surface area contributed by atoms with Crippen LogP contribution in [0, 0.1) is 13.8 Å². The Hall–Kier alpha value is -2.04. The zero-order chi connectivity index (χ0) is 19.8. The fraction of sp³-hybridized carbons (Fsp3) is 0.409. The second-order valence-electron chi connectivity index (χ2n) is 6.55. The van der Waals surface area contributed by atoms with Gasteiger partial charge in [-0.25, -0.2) is 0 Å². The van der Waals surface area contributed by atoms with Gasteiger partial charge in [0.05, 0.1) is 6.04 Å². The molecule has 0 fully saturated rings. The van der Waals surface area contributed by atoms with Gasteiger partial charge in [-0.3, -0.25) is 9.69 Å². The molecule has 0 saturated carbocycles. The minimum absolute atomic E-state index is 0.00220. The fourth-order valence-corrected chi connectivity index (χ4v) is 3.39. The molecule has 27 heavy (non-hydrogen) atoms. The molecule has 0 aliphatic rings. The first-order valence-corrected chi connectivity index (χ1v) is 9.79. The Bertz CT molecular complexity index is 760. The molecule has 2 rings (SSSR count). The van der Waals surface area contributed by atoms with Crippen LogP contribution in [0.1, 0.15) is 36.6 Å². The topological polar surface area (TPSA) is 41.6 Å². The van der Waals surface area contributed by atoms with Crippen molar-refractivity contribution in [3.8, 4) is 5.75 Å². The first-order valence-electron chi connectivity index (χ1n) is 9.42. The first kappa shape index (κ1) is 21.3. The number of aryl methyl sites for hydroxylation is 1. The first-order chi connectivity index (χ1) is 13.0. The van der Waals surface area contributed by atoms with Crippen molar-refractivity contribution < 1.29 is 9.53 Å². The molecule has 1 amide bonds. The SMILES string of the molecule is CCN(CC)[C@H](CNC(=O)COc1cccc(C)c1C)c1ccccc1Cl. The number of benzene rings is 2. The van der Waals surface area contributed by atoms with E-state index in [0.29, 0.717) is 6.54 Å². The summed E-state index contributed by atoms with van der Waals surface area (Å²) < 4.78 is 5.70. The second kappa shape index (κ2) is 10.3. The predicted octanol–water partition coefficient (Wildman–Crippen LogP) is 4.53. The maximum Gasteiger partial charge on any atom is 0.258 e. The zero-order valence-corrected chi connectivity index (χ0v) is 17.3. The molecule has 0 aromatic heterocycles. The smallest absolute Gasteiger partial charge is 0.258 e. The molecule has 0 heterocycles. The second-order valence-corrected chi connectivity index (χ2v) is 6.96. The molecule has 2 aromatic rings. The molecule has 1 atom stereocenters. The summed E-state index contributed by atoms with van der Waals surface area (Å²) in [7, 11) is 0. The maximum atomic E-state index is 12.3. The highest BCUT2D eigenvalue weighted by molar-refractivity contribution is 6.31. The van der Waals surface area contributed by atoms with E-state index < -0.39 is 0 Å².